The number of thiophene rings is 1. The van der Waals surface area contributed by atoms with Gasteiger partial charge in [0.2, 0.25) is 5.91 Å². The van der Waals surface area contributed by atoms with Crippen LogP contribution in [0.3, 0.4) is 0 Å². The Kier molecular flexibility index (Phi) is 5.20. The molecule has 0 spiro atoms. The number of benzene rings is 1. The number of hydrogen-bond donors (Lipinski definition) is 1. The van der Waals surface area contributed by atoms with Gasteiger partial charge in [-0.2, -0.15) is 0 Å². The van der Waals surface area contributed by atoms with E-state index in [1.165, 1.54) is 16.5 Å². The number of rotatable bonds is 4. The van der Waals surface area contributed by atoms with Crippen molar-refractivity contribution in [1.82, 2.24) is 9.88 Å². The van der Waals surface area contributed by atoms with E-state index < -0.39 is 0 Å². The van der Waals surface area contributed by atoms with Crippen LogP contribution in [0.25, 0.3) is 20.8 Å². The van der Waals surface area contributed by atoms with Gasteiger partial charge in [0.1, 0.15) is 10.0 Å². The summed E-state index contributed by atoms with van der Waals surface area (Å²) in [4.78, 5) is 20.7. The maximum Gasteiger partial charge on any atom is 0.248 e. The van der Waals surface area contributed by atoms with Crippen molar-refractivity contribution in [1.29, 1.82) is 0 Å². The molecule has 1 aromatic carbocycles. The summed E-state index contributed by atoms with van der Waals surface area (Å²) in [5.74, 6) is -0.181. The Bertz CT molecular complexity index is 1040. The third-order valence-electron chi connectivity index (χ3n) is 4.80. The Morgan fingerprint density at radius 1 is 1.41 bits per heavy atom. The Morgan fingerprint density at radius 3 is 2.96 bits per heavy atom. The molecule has 0 unspecified atom stereocenters. The molecule has 1 N–H and O–H groups in total. The van der Waals surface area contributed by atoms with E-state index in [4.69, 9.17) is 4.98 Å². The fourth-order valence-electron chi connectivity index (χ4n) is 3.35. The first kappa shape index (κ1) is 18.8. The van der Waals surface area contributed by atoms with Crippen molar-refractivity contribution in [3.63, 3.8) is 0 Å². The summed E-state index contributed by atoms with van der Waals surface area (Å²) >= 11 is 6.87. The Balaban J connectivity index is 1.84. The van der Waals surface area contributed by atoms with Gasteiger partial charge in [-0.25, -0.2) is 4.98 Å². The van der Waals surface area contributed by atoms with Crippen LogP contribution >= 0.6 is 38.6 Å². The molecule has 140 valence electrons. The zero-order chi connectivity index (χ0) is 19.1. The van der Waals surface area contributed by atoms with Crippen LogP contribution in [0.1, 0.15) is 24.3 Å². The molecule has 0 atom stereocenters. The number of carbonyl (C=O) groups is 1. The predicted octanol–water partition coefficient (Wildman–Crippen LogP) is 5.68. The van der Waals surface area contributed by atoms with E-state index in [-0.39, 0.29) is 5.91 Å². The zero-order valence-corrected chi connectivity index (χ0v) is 18.4. The van der Waals surface area contributed by atoms with E-state index in [2.05, 4.69) is 52.6 Å². The Labute approximate surface area is 175 Å². The number of fused-ring (bicyclic) bond motifs is 2. The number of anilines is 1. The highest BCUT2D eigenvalue weighted by atomic mass is 79.9. The average Bonchev–Trinajstić information content (AvgIpc) is 3.20. The molecule has 2 aromatic heterocycles. The van der Waals surface area contributed by atoms with Gasteiger partial charge in [0.15, 0.2) is 0 Å². The van der Waals surface area contributed by atoms with E-state index >= 15 is 0 Å². The van der Waals surface area contributed by atoms with Crippen LogP contribution in [0.2, 0.25) is 0 Å². The number of halogens is 1. The second kappa shape index (κ2) is 7.47. The first-order chi connectivity index (χ1) is 13.0. The summed E-state index contributed by atoms with van der Waals surface area (Å²) in [5.41, 5.74) is 3.39. The van der Waals surface area contributed by atoms with Crippen LogP contribution in [-0.2, 0) is 17.8 Å². The molecule has 1 aliphatic rings. The predicted molar refractivity (Wildman–Crippen MR) is 119 cm³/mol. The Morgan fingerprint density at radius 2 is 2.22 bits per heavy atom. The van der Waals surface area contributed by atoms with Gasteiger partial charge < -0.3 is 5.32 Å². The number of thiazole rings is 1. The van der Waals surface area contributed by atoms with Gasteiger partial charge >= 0.3 is 0 Å². The monoisotopic (exact) mass is 461 g/mol. The maximum absolute atomic E-state index is 12.0. The van der Waals surface area contributed by atoms with E-state index in [9.17, 15) is 4.79 Å². The van der Waals surface area contributed by atoms with Gasteiger partial charge in [0.05, 0.1) is 10.2 Å². The van der Waals surface area contributed by atoms with Crippen LogP contribution < -0.4 is 5.32 Å². The SMILES string of the molecule is C=CC(=O)Nc1sc2c(c1-c1nc3cc(Br)ccc3s1)CCN(C(C)C)C2. The molecule has 0 fully saturated rings. The summed E-state index contributed by atoms with van der Waals surface area (Å²) in [6.45, 7) is 9.99. The molecule has 0 bridgehead atoms. The molecule has 0 saturated carbocycles. The van der Waals surface area contributed by atoms with Crippen molar-refractivity contribution in [2.75, 3.05) is 11.9 Å². The third kappa shape index (κ3) is 3.61. The van der Waals surface area contributed by atoms with E-state index in [1.54, 1.807) is 22.7 Å². The summed E-state index contributed by atoms with van der Waals surface area (Å²) in [6, 6.07) is 6.67. The largest absolute Gasteiger partial charge is 0.314 e. The number of amides is 1. The topological polar surface area (TPSA) is 45.2 Å². The van der Waals surface area contributed by atoms with Gasteiger partial charge in [-0.05, 0) is 50.1 Å². The molecule has 3 aromatic rings. The fourth-order valence-corrected chi connectivity index (χ4v) is 6.06. The standard InChI is InChI=1S/C20H20BrN3OS2/c1-4-17(25)23-20-18(13-7-8-24(11(2)3)10-16(13)27-20)19-22-14-9-12(21)5-6-15(14)26-19/h4-6,9,11H,1,7-8,10H2,2-3H3,(H,23,25). The van der Waals surface area contributed by atoms with Gasteiger partial charge in [-0.1, -0.05) is 22.5 Å². The lowest BCUT2D eigenvalue weighted by molar-refractivity contribution is -0.111. The molecule has 7 heteroatoms. The molecule has 0 aliphatic carbocycles. The smallest absolute Gasteiger partial charge is 0.248 e. The molecule has 3 heterocycles. The lowest BCUT2D eigenvalue weighted by Gasteiger charge is -2.30. The number of aromatic nitrogens is 1. The van der Waals surface area contributed by atoms with Crippen LogP contribution in [-0.4, -0.2) is 28.4 Å². The fraction of sp³-hybridized carbons (Fsp3) is 0.300. The van der Waals surface area contributed by atoms with E-state index in [0.717, 1.165) is 49.8 Å². The minimum absolute atomic E-state index is 0.181. The molecule has 1 amide bonds. The molecule has 27 heavy (non-hydrogen) atoms. The van der Waals surface area contributed by atoms with E-state index in [0.29, 0.717) is 6.04 Å². The second-order valence-corrected chi connectivity index (χ2v) is 9.90. The number of nitrogens with one attached hydrogen (secondary N) is 1. The second-order valence-electron chi connectivity index (χ2n) is 6.85. The molecular formula is C20H20BrN3OS2. The highest BCUT2D eigenvalue weighted by molar-refractivity contribution is 9.10. The van der Waals surface area contributed by atoms with Gasteiger partial charge in [-0.15, -0.1) is 22.7 Å². The number of carbonyl (C=O) groups excluding carboxylic acids is 1. The van der Waals surface area contributed by atoms with Crippen molar-refractivity contribution in [3.8, 4) is 10.6 Å². The minimum Gasteiger partial charge on any atom is -0.314 e. The van der Waals surface area contributed by atoms with Crippen molar-refractivity contribution in [3.05, 3.63) is 45.8 Å². The number of hydrogen-bond acceptors (Lipinski definition) is 5. The highest BCUT2D eigenvalue weighted by Crippen LogP contribution is 2.46. The van der Waals surface area contributed by atoms with Crippen LogP contribution in [0.4, 0.5) is 5.00 Å². The van der Waals surface area contributed by atoms with Crippen LogP contribution in [0.15, 0.2) is 35.3 Å². The summed E-state index contributed by atoms with van der Waals surface area (Å²) in [7, 11) is 0. The van der Waals surface area contributed by atoms with Crippen molar-refractivity contribution in [2.24, 2.45) is 0 Å². The van der Waals surface area contributed by atoms with Gasteiger partial charge in [-0.3, -0.25) is 9.69 Å². The highest BCUT2D eigenvalue weighted by Gasteiger charge is 2.28. The van der Waals surface area contributed by atoms with Gasteiger partial charge in [0.25, 0.3) is 0 Å². The van der Waals surface area contributed by atoms with E-state index in [1.807, 2.05) is 12.1 Å². The van der Waals surface area contributed by atoms with Crippen LogP contribution in [0.5, 0.6) is 0 Å². The minimum atomic E-state index is -0.181. The lowest BCUT2D eigenvalue weighted by Crippen LogP contribution is -2.35. The average molecular weight is 462 g/mol. The molecule has 4 rings (SSSR count). The summed E-state index contributed by atoms with van der Waals surface area (Å²) < 4.78 is 2.17. The lowest BCUT2D eigenvalue weighted by atomic mass is 10.0. The van der Waals surface area contributed by atoms with Crippen LogP contribution in [0, 0.1) is 0 Å². The number of nitrogens with zero attached hydrogens (tertiary/aromatic N) is 2. The first-order valence-corrected chi connectivity index (χ1v) is 11.3. The van der Waals surface area contributed by atoms with Crippen molar-refractivity contribution >= 4 is 59.7 Å². The molecule has 4 nitrogen and oxygen atoms in total. The van der Waals surface area contributed by atoms with Crippen molar-refractivity contribution < 1.29 is 4.79 Å². The molecular weight excluding hydrogens is 442 g/mol. The zero-order valence-electron chi connectivity index (χ0n) is 15.2. The molecule has 0 saturated heterocycles. The maximum atomic E-state index is 12.0. The Hall–Kier alpha value is -1.54. The normalized spacial score (nSPS) is 14.5. The molecule has 1 aliphatic heterocycles. The molecule has 0 radical (unpaired) electrons. The van der Waals surface area contributed by atoms with Gasteiger partial charge in [0, 0.05) is 34.0 Å². The summed E-state index contributed by atoms with van der Waals surface area (Å²) in [5, 5.41) is 4.87. The first-order valence-electron chi connectivity index (χ1n) is 8.84. The van der Waals surface area contributed by atoms with Crippen molar-refractivity contribution in [2.45, 2.75) is 32.9 Å². The summed E-state index contributed by atoms with van der Waals surface area (Å²) in [6.07, 6.45) is 2.29. The third-order valence-corrected chi connectivity index (χ3v) is 7.48. The quantitative estimate of drug-likeness (QED) is 0.508.